The van der Waals surface area contributed by atoms with Gasteiger partial charge in [0.15, 0.2) is 5.82 Å². The number of hydrogen-bond acceptors (Lipinski definition) is 7. The Morgan fingerprint density at radius 1 is 1.03 bits per heavy atom. The van der Waals surface area contributed by atoms with Crippen LogP contribution in [0.4, 0.5) is 11.4 Å². The molecule has 0 fully saturated rings. The third-order valence-electron chi connectivity index (χ3n) is 4.55. The van der Waals surface area contributed by atoms with E-state index in [0.29, 0.717) is 28.3 Å². The zero-order valence-electron chi connectivity index (χ0n) is 17.3. The molecule has 1 aliphatic heterocycles. The average Bonchev–Trinajstić information content (AvgIpc) is 2.73. The Labute approximate surface area is 208 Å². The summed E-state index contributed by atoms with van der Waals surface area (Å²) in [5.41, 5.74) is 2.19. The molecule has 0 radical (unpaired) electrons. The molecule has 152 valence electrons. The molecule has 6 nitrogen and oxygen atoms in total. The summed E-state index contributed by atoms with van der Waals surface area (Å²) >= 11 is 1.51. The summed E-state index contributed by atoms with van der Waals surface area (Å²) < 4.78 is 37.5. The molecule has 0 spiro atoms. The van der Waals surface area contributed by atoms with Crippen LogP contribution in [0.2, 0.25) is 0 Å². The van der Waals surface area contributed by atoms with Crippen molar-refractivity contribution < 1.29 is 42.5 Å². The smallest absolute Gasteiger partial charge is 0.743 e. The fourth-order valence-electron chi connectivity index (χ4n) is 3.44. The van der Waals surface area contributed by atoms with Crippen molar-refractivity contribution in [3.63, 3.8) is 0 Å². The molecule has 0 saturated heterocycles. The summed E-state index contributed by atoms with van der Waals surface area (Å²) in [5.74, 6) is 0.450. The van der Waals surface area contributed by atoms with E-state index in [0.717, 1.165) is 9.79 Å². The standard InChI is InChI=1S/C22H19N3O3S2.Na/c1-3-8-15(2)22(30(26,27)28)25-17-10-4-5-11-18(17)29-19-12-6-9-16(20(19)25)21-23-13-7-14-24-21;/h3-14H,1-2H3,(H,26,27,28);/q;+1/p-1. The molecule has 3 aromatic rings. The number of rotatable bonds is 4. The number of nitrogens with zero attached hydrogens (tertiary/aromatic N) is 3. The minimum absolute atomic E-state index is 0. The quantitative estimate of drug-likeness (QED) is 0.336. The molecule has 0 unspecified atom stereocenters. The first-order chi connectivity index (χ1) is 14.4. The molecule has 0 atom stereocenters. The maximum Gasteiger partial charge on any atom is 1.00 e. The van der Waals surface area contributed by atoms with E-state index >= 15 is 0 Å². The molecule has 2 aromatic carbocycles. The summed E-state index contributed by atoms with van der Waals surface area (Å²) in [6, 6.07) is 14.7. The van der Waals surface area contributed by atoms with Crippen LogP contribution in [0.3, 0.4) is 0 Å². The van der Waals surface area contributed by atoms with Gasteiger partial charge in [0.2, 0.25) is 0 Å². The van der Waals surface area contributed by atoms with E-state index in [-0.39, 0.29) is 34.6 Å². The monoisotopic (exact) mass is 459 g/mol. The van der Waals surface area contributed by atoms with Crippen molar-refractivity contribution >= 4 is 33.3 Å². The van der Waals surface area contributed by atoms with Gasteiger partial charge in [0.25, 0.3) is 0 Å². The molecule has 2 heterocycles. The van der Waals surface area contributed by atoms with Crippen LogP contribution in [0.25, 0.3) is 11.4 Å². The summed E-state index contributed by atoms with van der Waals surface area (Å²) in [7, 11) is -4.82. The van der Waals surface area contributed by atoms with E-state index in [9.17, 15) is 13.0 Å². The number of allylic oxidation sites excluding steroid dienone is 3. The number of hydrogen-bond donors (Lipinski definition) is 0. The second-order valence-corrected chi connectivity index (χ2v) is 8.95. The van der Waals surface area contributed by atoms with Crippen LogP contribution in [-0.4, -0.2) is 22.9 Å². The van der Waals surface area contributed by atoms with Gasteiger partial charge in [-0.3, -0.25) is 4.90 Å². The van der Waals surface area contributed by atoms with E-state index < -0.39 is 10.1 Å². The average molecular weight is 460 g/mol. The van der Waals surface area contributed by atoms with E-state index in [2.05, 4.69) is 9.97 Å². The molecular weight excluding hydrogens is 441 g/mol. The van der Waals surface area contributed by atoms with Gasteiger partial charge in [0, 0.05) is 27.7 Å². The second kappa shape index (κ2) is 9.68. The van der Waals surface area contributed by atoms with Crippen molar-refractivity contribution in [3.05, 3.63) is 83.7 Å². The third-order valence-corrected chi connectivity index (χ3v) is 6.64. The maximum atomic E-state index is 12.5. The zero-order chi connectivity index (χ0) is 21.3. The van der Waals surface area contributed by atoms with Crippen LogP contribution in [-0.2, 0) is 10.1 Å². The number of benzene rings is 2. The molecule has 1 aliphatic rings. The van der Waals surface area contributed by atoms with Gasteiger partial charge in [-0.2, -0.15) is 0 Å². The number of anilines is 2. The van der Waals surface area contributed by atoms with Crippen molar-refractivity contribution in [2.45, 2.75) is 23.6 Å². The van der Waals surface area contributed by atoms with Crippen LogP contribution in [0.1, 0.15) is 13.8 Å². The van der Waals surface area contributed by atoms with Gasteiger partial charge < -0.3 is 4.55 Å². The third kappa shape index (κ3) is 4.64. The van der Waals surface area contributed by atoms with Crippen molar-refractivity contribution in [2.75, 3.05) is 4.90 Å². The minimum atomic E-state index is -4.82. The Bertz CT molecular complexity index is 1280. The molecule has 9 heteroatoms. The molecule has 0 amide bonds. The van der Waals surface area contributed by atoms with Crippen molar-refractivity contribution in [1.29, 1.82) is 0 Å². The van der Waals surface area contributed by atoms with Crippen molar-refractivity contribution in [1.82, 2.24) is 9.97 Å². The van der Waals surface area contributed by atoms with Gasteiger partial charge in [0.1, 0.15) is 15.1 Å². The van der Waals surface area contributed by atoms with Crippen molar-refractivity contribution in [2.24, 2.45) is 0 Å². The molecular formula is C22H18N3NaO3S2. The molecule has 0 saturated carbocycles. The van der Waals surface area contributed by atoms with E-state index in [1.54, 1.807) is 44.5 Å². The van der Waals surface area contributed by atoms with Gasteiger partial charge in [-0.15, -0.1) is 0 Å². The summed E-state index contributed by atoms with van der Waals surface area (Å²) in [6.07, 6.45) is 6.58. The van der Waals surface area contributed by atoms with Crippen LogP contribution in [0, 0.1) is 0 Å². The zero-order valence-corrected chi connectivity index (χ0v) is 20.9. The normalized spacial score (nSPS) is 13.8. The Morgan fingerprint density at radius 2 is 1.71 bits per heavy atom. The predicted molar refractivity (Wildman–Crippen MR) is 117 cm³/mol. The largest absolute Gasteiger partial charge is 1.00 e. The molecule has 0 N–H and O–H groups in total. The Balaban J connectivity index is 0.00000272. The van der Waals surface area contributed by atoms with E-state index in [1.807, 2.05) is 42.5 Å². The Morgan fingerprint density at radius 3 is 2.39 bits per heavy atom. The van der Waals surface area contributed by atoms with Gasteiger partial charge in [-0.25, -0.2) is 18.4 Å². The topological polar surface area (TPSA) is 86.2 Å². The fourth-order valence-corrected chi connectivity index (χ4v) is 5.41. The van der Waals surface area contributed by atoms with E-state index in [1.165, 1.54) is 16.7 Å². The van der Waals surface area contributed by atoms with Crippen LogP contribution in [0.15, 0.2) is 93.5 Å². The van der Waals surface area contributed by atoms with Crippen LogP contribution >= 0.6 is 11.8 Å². The summed E-state index contributed by atoms with van der Waals surface area (Å²) in [5, 5.41) is -0.307. The Hall–Kier alpha value is -1.94. The minimum Gasteiger partial charge on any atom is -0.743 e. The fraction of sp³-hybridized carbons (Fsp3) is 0.0909. The van der Waals surface area contributed by atoms with Gasteiger partial charge >= 0.3 is 29.6 Å². The van der Waals surface area contributed by atoms with Gasteiger partial charge in [0.05, 0.1) is 11.4 Å². The molecule has 0 aliphatic carbocycles. The SMILES string of the molecule is CC=CC(C)=C(N1c2ccccc2Sc2cccc(-c3ncccn3)c21)S(=O)(=O)[O-].[Na+]. The van der Waals surface area contributed by atoms with Crippen LogP contribution < -0.4 is 34.5 Å². The first kappa shape index (κ1) is 23.7. The summed E-state index contributed by atoms with van der Waals surface area (Å²) in [4.78, 5) is 11.9. The first-order valence-electron chi connectivity index (χ1n) is 9.18. The number of aromatic nitrogens is 2. The molecule has 31 heavy (non-hydrogen) atoms. The van der Waals surface area contributed by atoms with Gasteiger partial charge in [-0.05, 0) is 49.8 Å². The molecule has 1 aromatic heterocycles. The number of para-hydroxylation sites is 2. The second-order valence-electron chi connectivity index (χ2n) is 6.57. The molecule has 4 rings (SSSR count). The number of fused-ring (bicyclic) bond motifs is 2. The predicted octanol–water partition coefficient (Wildman–Crippen LogP) is 2.10. The summed E-state index contributed by atoms with van der Waals surface area (Å²) in [6.45, 7) is 3.40. The van der Waals surface area contributed by atoms with Crippen LogP contribution in [0.5, 0.6) is 0 Å². The van der Waals surface area contributed by atoms with Crippen molar-refractivity contribution in [3.8, 4) is 11.4 Å². The first-order valence-corrected chi connectivity index (χ1v) is 11.4. The molecule has 0 bridgehead atoms. The van der Waals surface area contributed by atoms with Gasteiger partial charge in [-0.1, -0.05) is 42.1 Å². The van der Waals surface area contributed by atoms with E-state index in [4.69, 9.17) is 0 Å². The Kier molecular flexibility index (Phi) is 7.41. The maximum absolute atomic E-state index is 12.5.